The maximum absolute atomic E-state index is 13.4. The number of hydrogen-bond acceptors (Lipinski definition) is 7. The smallest absolute Gasteiger partial charge is 0.387 e. The van der Waals surface area contributed by atoms with Gasteiger partial charge in [0.05, 0.1) is 43.4 Å². The zero-order chi connectivity index (χ0) is 26.2. The Bertz CT molecular complexity index is 1110. The van der Waals surface area contributed by atoms with E-state index in [2.05, 4.69) is 15.6 Å². The lowest BCUT2D eigenvalue weighted by Gasteiger charge is -2.37. The second-order valence-corrected chi connectivity index (χ2v) is 10.4. The Kier molecular flexibility index (Phi) is 7.23. The Labute approximate surface area is 214 Å². The minimum Gasteiger partial charge on any atom is -0.438 e. The van der Waals surface area contributed by atoms with Crippen LogP contribution in [0.2, 0.25) is 0 Å². The van der Waals surface area contributed by atoms with E-state index in [1.165, 1.54) is 13.2 Å². The molecule has 2 aliphatic heterocycles. The molecule has 1 aromatic heterocycles. The number of methoxy groups -OCH3 is 1. The minimum atomic E-state index is -3.08. The van der Waals surface area contributed by atoms with Gasteiger partial charge in [-0.15, -0.1) is 0 Å². The standard InChI is InChI=1S/C26H34F2N4O5/c1-25(36-15-18-14-35-9-7-29-18)6-8-32-19(13-30-21(32)12-25)16-10-20(37-24(27)28)22(26(2,11-16)34-3)23(33)31-17-4-5-17/h6,8,10-11,13,17-18,22,24,29H,4-5,7,9,12,14-15H2,1-3H3,(H,31,33). The van der Waals surface area contributed by atoms with Crippen LogP contribution in [-0.4, -0.2) is 78.8 Å². The lowest BCUT2D eigenvalue weighted by atomic mass is 9.79. The molecule has 1 amide bonds. The number of imidazole rings is 1. The van der Waals surface area contributed by atoms with Crippen LogP contribution < -0.4 is 10.6 Å². The highest BCUT2D eigenvalue weighted by atomic mass is 19.3. The SMILES string of the molecule is COC1(C)C=C(c2cnc3n2C=CC(C)(OCC2COCCN2)C3)C=C(OC(F)F)C1C(=O)NC1CC1. The van der Waals surface area contributed by atoms with Crippen molar-refractivity contribution in [3.8, 4) is 0 Å². The third-order valence-electron chi connectivity index (χ3n) is 7.32. The molecular formula is C26H34F2N4O5. The molecule has 4 atom stereocenters. The summed E-state index contributed by atoms with van der Waals surface area (Å²) in [7, 11) is 1.46. The number of aromatic nitrogens is 2. The summed E-state index contributed by atoms with van der Waals surface area (Å²) in [6.07, 6.45) is 11.1. The summed E-state index contributed by atoms with van der Waals surface area (Å²) in [5.41, 5.74) is -0.503. The number of ether oxygens (including phenoxy) is 4. The molecule has 1 saturated heterocycles. The van der Waals surface area contributed by atoms with Crippen molar-refractivity contribution in [1.29, 1.82) is 0 Å². The maximum atomic E-state index is 13.4. The Morgan fingerprint density at radius 3 is 2.86 bits per heavy atom. The number of carbonyl (C=O) groups is 1. The summed E-state index contributed by atoms with van der Waals surface area (Å²) in [6, 6.07) is 0.204. The molecule has 2 fully saturated rings. The number of rotatable bonds is 9. The summed E-state index contributed by atoms with van der Waals surface area (Å²) in [5.74, 6) is -0.814. The van der Waals surface area contributed by atoms with Gasteiger partial charge in [0.2, 0.25) is 5.91 Å². The number of hydrogen-bond donors (Lipinski definition) is 2. The van der Waals surface area contributed by atoms with Crippen LogP contribution in [0.1, 0.15) is 38.2 Å². The zero-order valence-electron chi connectivity index (χ0n) is 21.3. The number of nitrogens with zero attached hydrogens (tertiary/aromatic N) is 2. The molecule has 4 unspecified atom stereocenters. The molecule has 5 rings (SSSR count). The molecule has 37 heavy (non-hydrogen) atoms. The number of fused-ring (bicyclic) bond motifs is 1. The zero-order valence-corrected chi connectivity index (χ0v) is 21.3. The van der Waals surface area contributed by atoms with E-state index in [1.807, 2.05) is 23.8 Å². The predicted molar refractivity (Wildman–Crippen MR) is 131 cm³/mol. The van der Waals surface area contributed by atoms with Gasteiger partial charge in [-0.2, -0.15) is 8.78 Å². The second kappa shape index (κ2) is 10.3. The molecule has 0 bridgehead atoms. The highest BCUT2D eigenvalue weighted by Crippen LogP contribution is 2.41. The molecule has 9 nitrogen and oxygen atoms in total. The first-order valence-corrected chi connectivity index (χ1v) is 12.7. The number of alkyl halides is 2. The summed E-state index contributed by atoms with van der Waals surface area (Å²) >= 11 is 0. The third kappa shape index (κ3) is 5.64. The van der Waals surface area contributed by atoms with E-state index >= 15 is 0 Å². The molecule has 11 heteroatoms. The van der Waals surface area contributed by atoms with Gasteiger partial charge in [0.1, 0.15) is 23.1 Å². The summed E-state index contributed by atoms with van der Waals surface area (Å²) in [6.45, 7) is 3.25. The number of nitrogens with one attached hydrogen (secondary N) is 2. The molecule has 0 spiro atoms. The number of morpholine rings is 1. The van der Waals surface area contributed by atoms with Gasteiger partial charge < -0.3 is 34.1 Å². The average Bonchev–Trinajstić information content (AvgIpc) is 3.58. The van der Waals surface area contributed by atoms with Crippen LogP contribution in [0.4, 0.5) is 8.78 Å². The van der Waals surface area contributed by atoms with Crippen LogP contribution in [0.5, 0.6) is 0 Å². The molecule has 1 saturated carbocycles. The molecule has 0 radical (unpaired) electrons. The van der Waals surface area contributed by atoms with Crippen molar-refractivity contribution in [2.24, 2.45) is 5.92 Å². The molecule has 3 heterocycles. The fourth-order valence-electron chi connectivity index (χ4n) is 5.02. The van der Waals surface area contributed by atoms with Crippen LogP contribution in [0.15, 0.2) is 30.2 Å². The second-order valence-electron chi connectivity index (χ2n) is 10.4. The average molecular weight is 521 g/mol. The largest absolute Gasteiger partial charge is 0.438 e. The van der Waals surface area contributed by atoms with Crippen LogP contribution in [0.3, 0.4) is 0 Å². The Morgan fingerprint density at radius 2 is 2.19 bits per heavy atom. The Balaban J connectivity index is 1.39. The first-order valence-electron chi connectivity index (χ1n) is 12.7. The minimum absolute atomic E-state index is 0.0664. The van der Waals surface area contributed by atoms with Gasteiger partial charge in [0.15, 0.2) is 0 Å². The monoisotopic (exact) mass is 520 g/mol. The van der Waals surface area contributed by atoms with E-state index in [0.29, 0.717) is 37.5 Å². The van der Waals surface area contributed by atoms with Gasteiger partial charge in [-0.25, -0.2) is 4.98 Å². The van der Waals surface area contributed by atoms with E-state index in [1.54, 1.807) is 19.2 Å². The van der Waals surface area contributed by atoms with E-state index in [4.69, 9.17) is 18.9 Å². The van der Waals surface area contributed by atoms with Gasteiger partial charge in [-0.05, 0) is 44.9 Å². The van der Waals surface area contributed by atoms with Crippen molar-refractivity contribution in [1.82, 2.24) is 20.2 Å². The van der Waals surface area contributed by atoms with Gasteiger partial charge in [-0.3, -0.25) is 4.79 Å². The predicted octanol–water partition coefficient (Wildman–Crippen LogP) is 2.49. The Morgan fingerprint density at radius 1 is 1.38 bits per heavy atom. The fourth-order valence-corrected chi connectivity index (χ4v) is 5.02. The first-order chi connectivity index (χ1) is 17.7. The molecule has 2 aliphatic carbocycles. The van der Waals surface area contributed by atoms with Crippen molar-refractivity contribution in [2.45, 2.75) is 63.0 Å². The Hall–Kier alpha value is -2.60. The van der Waals surface area contributed by atoms with Crippen molar-refractivity contribution in [2.75, 3.05) is 33.5 Å². The quantitative estimate of drug-likeness (QED) is 0.517. The van der Waals surface area contributed by atoms with E-state index < -0.39 is 29.6 Å². The van der Waals surface area contributed by atoms with Gasteiger partial charge in [0, 0.05) is 37.9 Å². The molecule has 1 aromatic rings. The van der Waals surface area contributed by atoms with Crippen molar-refractivity contribution >= 4 is 17.7 Å². The molecule has 2 N–H and O–H groups in total. The normalized spacial score (nSPS) is 31.5. The highest BCUT2D eigenvalue weighted by molar-refractivity contribution is 5.88. The molecule has 0 aromatic carbocycles. The lowest BCUT2D eigenvalue weighted by Crippen LogP contribution is -2.48. The van der Waals surface area contributed by atoms with E-state index in [9.17, 15) is 13.6 Å². The maximum Gasteiger partial charge on any atom is 0.387 e. The topological polar surface area (TPSA) is 95.9 Å². The van der Waals surface area contributed by atoms with E-state index in [-0.39, 0.29) is 17.8 Å². The number of allylic oxidation sites excluding steroid dienone is 2. The molecule has 4 aliphatic rings. The van der Waals surface area contributed by atoms with Crippen molar-refractivity contribution in [3.63, 3.8) is 0 Å². The number of amides is 1. The third-order valence-corrected chi connectivity index (χ3v) is 7.32. The fraction of sp³-hybridized carbons (Fsp3) is 0.615. The summed E-state index contributed by atoms with van der Waals surface area (Å²) < 4.78 is 51.1. The van der Waals surface area contributed by atoms with Crippen LogP contribution in [0, 0.1) is 5.92 Å². The van der Waals surface area contributed by atoms with Crippen molar-refractivity contribution in [3.05, 3.63) is 41.7 Å². The van der Waals surface area contributed by atoms with E-state index in [0.717, 1.165) is 25.2 Å². The van der Waals surface area contributed by atoms with Gasteiger partial charge in [-0.1, -0.05) is 0 Å². The van der Waals surface area contributed by atoms with Gasteiger partial charge >= 0.3 is 6.61 Å². The number of halogens is 2. The summed E-state index contributed by atoms with van der Waals surface area (Å²) in [5, 5.41) is 6.28. The first kappa shape index (κ1) is 26.0. The highest BCUT2D eigenvalue weighted by Gasteiger charge is 2.46. The van der Waals surface area contributed by atoms with Gasteiger partial charge in [0.25, 0.3) is 0 Å². The molecule has 202 valence electrons. The van der Waals surface area contributed by atoms with Crippen LogP contribution in [-0.2, 0) is 30.2 Å². The number of carbonyl (C=O) groups excluding carboxylic acids is 1. The van der Waals surface area contributed by atoms with Crippen LogP contribution >= 0.6 is 0 Å². The summed E-state index contributed by atoms with van der Waals surface area (Å²) in [4.78, 5) is 17.6. The van der Waals surface area contributed by atoms with Crippen molar-refractivity contribution < 1.29 is 32.5 Å². The molecular weight excluding hydrogens is 486 g/mol. The lowest BCUT2D eigenvalue weighted by molar-refractivity contribution is -0.143. The van der Waals surface area contributed by atoms with Crippen LogP contribution in [0.25, 0.3) is 11.8 Å².